The van der Waals surface area contributed by atoms with Crippen LogP contribution in [-0.4, -0.2) is 22.0 Å². The van der Waals surface area contributed by atoms with E-state index in [4.69, 9.17) is 11.5 Å². The topological polar surface area (TPSA) is 47.6 Å². The van der Waals surface area contributed by atoms with Crippen molar-refractivity contribution in [3.8, 4) is 11.1 Å². The molecule has 1 aliphatic rings. The minimum atomic E-state index is -0.250. The van der Waals surface area contributed by atoms with E-state index < -0.39 is 0 Å². The number of rotatable bonds is 0. The molecule has 0 atom stereocenters. The van der Waals surface area contributed by atoms with Gasteiger partial charge in [-0.05, 0) is 17.4 Å². The van der Waals surface area contributed by atoms with Gasteiger partial charge in [-0.1, -0.05) is 76.9 Å². The second-order valence-corrected chi connectivity index (χ2v) is 7.90. The van der Waals surface area contributed by atoms with Crippen LogP contribution in [0.15, 0.2) is 42.5 Å². The maximum absolute atomic E-state index is 6.94. The minimum Gasteiger partial charge on any atom is -1.00 e. The Labute approximate surface area is 198 Å². The van der Waals surface area contributed by atoms with Crippen LogP contribution in [0.5, 0.6) is 0 Å². The molecule has 0 spiro atoms. The first kappa shape index (κ1) is 34.4. The van der Waals surface area contributed by atoms with Gasteiger partial charge in [0.05, 0.1) is 0 Å². The van der Waals surface area contributed by atoms with Gasteiger partial charge < -0.3 is 36.3 Å². The van der Waals surface area contributed by atoms with Crippen LogP contribution in [0.4, 0.5) is 0 Å². The first-order chi connectivity index (χ1) is 10.4. The van der Waals surface area contributed by atoms with Crippen molar-refractivity contribution in [2.24, 2.45) is 0 Å². The molecule has 2 radical (unpaired) electrons. The molecule has 150 valence electrons. The molecule has 2 N–H and O–H groups in total. The van der Waals surface area contributed by atoms with Gasteiger partial charge >= 0.3 is 21.7 Å². The zero-order chi connectivity index (χ0) is 17.7. The molecule has 27 heavy (non-hydrogen) atoms. The Morgan fingerprint density at radius 3 is 1.67 bits per heavy atom. The van der Waals surface area contributed by atoms with E-state index in [1.165, 1.54) is 22.3 Å². The molecule has 0 amide bonds. The molecular formula is C21H32Cl2N2SiTi-2. The fraction of sp³-hybridized carbons (Fsp3) is 0.429. The molecule has 2 aromatic carbocycles. The molecular weight excluding hydrogens is 427 g/mol. The van der Waals surface area contributed by atoms with E-state index in [2.05, 4.69) is 42.5 Å². The van der Waals surface area contributed by atoms with Crippen molar-refractivity contribution in [2.45, 2.75) is 59.0 Å². The van der Waals surface area contributed by atoms with Crippen molar-refractivity contribution >= 4 is 11.0 Å². The summed E-state index contributed by atoms with van der Waals surface area (Å²) in [7, 11) is 0. The summed E-state index contributed by atoms with van der Waals surface area (Å²) < 4.78 is 0. The number of nitrogens with one attached hydrogen (secondary N) is 2. The van der Waals surface area contributed by atoms with Crippen LogP contribution in [0.3, 0.4) is 0 Å². The number of hydrogen-bond donors (Lipinski definition) is 0. The van der Waals surface area contributed by atoms with Crippen LogP contribution in [0.1, 0.15) is 52.7 Å². The normalized spacial score (nSPS) is 10.4. The molecule has 1 aliphatic carbocycles. The molecule has 0 saturated carbocycles. The van der Waals surface area contributed by atoms with Gasteiger partial charge in [-0.3, -0.25) is 0 Å². The molecule has 2 nitrogen and oxygen atoms in total. The number of hydrogen-bond acceptors (Lipinski definition) is 0. The fourth-order valence-electron chi connectivity index (χ4n) is 2.00. The zero-order valence-corrected chi connectivity index (χ0v) is 22.6. The molecule has 0 saturated heterocycles. The van der Waals surface area contributed by atoms with E-state index >= 15 is 0 Å². The maximum atomic E-state index is 6.94. The van der Waals surface area contributed by atoms with Crippen molar-refractivity contribution in [3.05, 3.63) is 71.1 Å². The van der Waals surface area contributed by atoms with Crippen molar-refractivity contribution in [2.75, 3.05) is 0 Å². The second-order valence-electron chi connectivity index (χ2n) is 7.90. The Kier molecular flexibility index (Phi) is 18.9. The third-order valence-corrected chi connectivity index (χ3v) is 2.62. The quantitative estimate of drug-likeness (QED) is 0.323. The maximum Gasteiger partial charge on any atom is 3.00 e. The molecule has 0 heterocycles. The molecule has 6 heteroatoms. The first-order valence-electron chi connectivity index (χ1n) is 8.03. The summed E-state index contributed by atoms with van der Waals surface area (Å²) in [5, 5.41) is 0. The summed E-state index contributed by atoms with van der Waals surface area (Å²) in [6, 6.07) is 18.1. The van der Waals surface area contributed by atoms with E-state index in [-0.39, 0.29) is 68.6 Å². The van der Waals surface area contributed by atoms with Gasteiger partial charge in [0, 0.05) is 0 Å². The summed E-state index contributed by atoms with van der Waals surface area (Å²) in [4.78, 5) is 0. The van der Waals surface area contributed by atoms with E-state index in [0.717, 1.165) is 6.42 Å². The Morgan fingerprint density at radius 2 is 1.19 bits per heavy atom. The summed E-state index contributed by atoms with van der Waals surface area (Å²) >= 11 is 0. The predicted octanol–water partition coefficient (Wildman–Crippen LogP) is -0.446. The summed E-state index contributed by atoms with van der Waals surface area (Å²) in [5.41, 5.74) is 18.9. The zero-order valence-electron chi connectivity index (χ0n) is 17.5. The van der Waals surface area contributed by atoms with Crippen LogP contribution < -0.4 is 24.8 Å². The van der Waals surface area contributed by atoms with Crippen LogP contribution in [0.2, 0.25) is 0 Å². The summed E-state index contributed by atoms with van der Waals surface area (Å²) in [5.74, 6) is 0. The molecule has 0 aromatic heterocycles. The van der Waals surface area contributed by atoms with Gasteiger partial charge in [-0.2, -0.15) is 29.8 Å². The van der Waals surface area contributed by atoms with Crippen LogP contribution in [-0.2, 0) is 28.1 Å². The Morgan fingerprint density at radius 1 is 0.778 bits per heavy atom. The van der Waals surface area contributed by atoms with E-state index in [1.54, 1.807) is 0 Å². The monoisotopic (exact) mass is 458 g/mol. The smallest absolute Gasteiger partial charge is 1.00 e. The van der Waals surface area contributed by atoms with Crippen molar-refractivity contribution < 1.29 is 46.5 Å². The molecule has 2 aromatic rings. The third-order valence-electron chi connectivity index (χ3n) is 2.62. The first-order valence-corrected chi connectivity index (χ1v) is 8.03. The fourth-order valence-corrected chi connectivity index (χ4v) is 2.00. The van der Waals surface area contributed by atoms with Gasteiger partial charge in [-0.25, -0.2) is 0 Å². The predicted molar refractivity (Wildman–Crippen MR) is 112 cm³/mol. The number of fused-ring (bicyclic) bond motifs is 3. The SMILES string of the molecule is CC(C)(C)[NH-].CC(C)(C)[NH-].[Cl-].[Cl-].[SiH3].[Ti+3].[c-]1cccc2c1Cc1ccccc1-2. The molecule has 0 unspecified atom stereocenters. The van der Waals surface area contributed by atoms with Crippen LogP contribution >= 0.6 is 0 Å². The number of halogens is 2. The van der Waals surface area contributed by atoms with Gasteiger partial charge in [-0.15, -0.1) is 16.6 Å². The minimum absolute atomic E-state index is 0. The van der Waals surface area contributed by atoms with Gasteiger partial charge in [0.15, 0.2) is 0 Å². The van der Waals surface area contributed by atoms with Gasteiger partial charge in [0.2, 0.25) is 0 Å². The largest absolute Gasteiger partial charge is 3.00 e. The molecule has 0 bridgehead atoms. The Bertz CT molecular complexity index is 571. The Balaban J connectivity index is -0.000000165. The second kappa shape index (κ2) is 14.8. The van der Waals surface area contributed by atoms with Crippen molar-refractivity contribution in [1.82, 2.24) is 0 Å². The third kappa shape index (κ3) is 16.5. The molecule has 3 rings (SSSR count). The molecule has 0 aliphatic heterocycles. The van der Waals surface area contributed by atoms with Gasteiger partial charge in [0.25, 0.3) is 0 Å². The van der Waals surface area contributed by atoms with E-state index in [1.807, 2.05) is 47.6 Å². The standard InChI is InChI=1S/C13H9.2C4H10N.2ClH.H3Si.Ti/c1-3-7-12-10(5-1)9-11-6-2-4-8-13(11)12;2*1-4(2,3)5;;;;/h1-5,7-8H,9H2;2*5H,1-3H3;2*1H;1H3;/q3*-1;;;;+3/p-2. The average Bonchev–Trinajstić information content (AvgIpc) is 2.73. The van der Waals surface area contributed by atoms with E-state index in [9.17, 15) is 0 Å². The number of benzene rings is 2. The Hall–Kier alpha value is -0.129. The van der Waals surface area contributed by atoms with E-state index in [0.29, 0.717) is 0 Å². The average molecular weight is 459 g/mol. The summed E-state index contributed by atoms with van der Waals surface area (Å²) in [6.07, 6.45) is 1.05. The van der Waals surface area contributed by atoms with Crippen LogP contribution in [0.25, 0.3) is 22.6 Å². The molecule has 0 fully saturated rings. The van der Waals surface area contributed by atoms with Gasteiger partial charge in [0.1, 0.15) is 0 Å². The van der Waals surface area contributed by atoms with Crippen LogP contribution in [0, 0.1) is 6.07 Å². The van der Waals surface area contributed by atoms with Crippen molar-refractivity contribution in [3.63, 3.8) is 0 Å². The summed E-state index contributed by atoms with van der Waals surface area (Å²) in [6.45, 7) is 11.1. The van der Waals surface area contributed by atoms with Crippen molar-refractivity contribution in [1.29, 1.82) is 0 Å².